The molecule has 0 aromatic heterocycles. The minimum Gasteiger partial charge on any atom is -0.319 e. The molecule has 1 nitrogen and oxygen atoms in total. The van der Waals surface area contributed by atoms with E-state index in [0.717, 1.165) is 12.5 Å². The highest BCUT2D eigenvalue weighted by molar-refractivity contribution is 4.92. The van der Waals surface area contributed by atoms with E-state index >= 15 is 0 Å². The lowest BCUT2D eigenvalue weighted by atomic mass is 10.1. The molecule has 0 saturated carbocycles. The molecule has 0 aliphatic rings. The Morgan fingerprint density at radius 2 is 2.09 bits per heavy atom. The molecule has 0 bridgehead atoms. The van der Waals surface area contributed by atoms with E-state index in [4.69, 9.17) is 0 Å². The predicted octanol–water partition coefficient (Wildman–Crippen LogP) is 2.59. The number of allylic oxidation sites excluding steroid dienone is 2. The normalized spacial score (nSPS) is 12.7. The van der Waals surface area contributed by atoms with Crippen LogP contribution in [0.3, 0.4) is 0 Å². The Bertz CT molecular complexity index is 112. The molecule has 11 heavy (non-hydrogen) atoms. The molecule has 1 unspecified atom stereocenters. The van der Waals surface area contributed by atoms with Crippen LogP contribution in [0.4, 0.5) is 0 Å². The van der Waals surface area contributed by atoms with Gasteiger partial charge in [0.05, 0.1) is 0 Å². The number of hydrogen-bond acceptors (Lipinski definition) is 1. The van der Waals surface area contributed by atoms with Gasteiger partial charge in [-0.05, 0) is 46.2 Å². The number of rotatable bonds is 5. The molecule has 0 spiro atoms. The maximum Gasteiger partial charge on any atom is -0.00260 e. The van der Waals surface area contributed by atoms with E-state index in [1.54, 1.807) is 0 Å². The average Bonchev–Trinajstić information content (AvgIpc) is 1.87. The van der Waals surface area contributed by atoms with Crippen molar-refractivity contribution < 1.29 is 0 Å². The molecule has 1 heteroatoms. The van der Waals surface area contributed by atoms with Gasteiger partial charge in [0.15, 0.2) is 0 Å². The van der Waals surface area contributed by atoms with Crippen molar-refractivity contribution in [3.63, 3.8) is 0 Å². The Morgan fingerprint density at radius 3 is 2.55 bits per heavy atom. The molecule has 0 aliphatic carbocycles. The van der Waals surface area contributed by atoms with E-state index in [-0.39, 0.29) is 0 Å². The largest absolute Gasteiger partial charge is 0.319 e. The van der Waals surface area contributed by atoms with E-state index in [1.807, 2.05) is 7.05 Å². The minimum atomic E-state index is 0.801. The molecule has 0 aromatic carbocycles. The Labute approximate surface area is 70.9 Å². The van der Waals surface area contributed by atoms with Gasteiger partial charge in [-0.2, -0.15) is 0 Å². The van der Waals surface area contributed by atoms with E-state index < -0.39 is 0 Å². The van der Waals surface area contributed by atoms with E-state index in [2.05, 4.69) is 32.2 Å². The fourth-order valence-electron chi connectivity index (χ4n) is 1.11. The molecule has 0 radical (unpaired) electrons. The summed E-state index contributed by atoms with van der Waals surface area (Å²) in [6.07, 6.45) is 4.84. The van der Waals surface area contributed by atoms with Gasteiger partial charge in [-0.15, -0.1) is 0 Å². The molecule has 0 rings (SSSR count). The Hall–Kier alpha value is -0.300. The lowest BCUT2D eigenvalue weighted by Crippen LogP contribution is -2.15. The zero-order valence-corrected chi connectivity index (χ0v) is 8.28. The van der Waals surface area contributed by atoms with Gasteiger partial charge in [0, 0.05) is 0 Å². The van der Waals surface area contributed by atoms with Crippen LogP contribution in [0, 0.1) is 5.92 Å². The molecule has 0 saturated heterocycles. The summed E-state index contributed by atoms with van der Waals surface area (Å²) < 4.78 is 0. The Morgan fingerprint density at radius 1 is 1.45 bits per heavy atom. The van der Waals surface area contributed by atoms with Crippen molar-refractivity contribution in [3.05, 3.63) is 11.6 Å². The van der Waals surface area contributed by atoms with Gasteiger partial charge in [-0.3, -0.25) is 0 Å². The Balaban J connectivity index is 3.31. The first-order chi connectivity index (χ1) is 5.16. The third-order valence-corrected chi connectivity index (χ3v) is 1.76. The summed E-state index contributed by atoms with van der Waals surface area (Å²) in [5.74, 6) is 0.801. The molecule has 66 valence electrons. The topological polar surface area (TPSA) is 12.0 Å². The third-order valence-electron chi connectivity index (χ3n) is 1.76. The highest BCUT2D eigenvalue weighted by Gasteiger charge is 1.97. The molecule has 0 amide bonds. The highest BCUT2D eigenvalue weighted by Crippen LogP contribution is 2.05. The van der Waals surface area contributed by atoms with E-state index in [1.165, 1.54) is 18.4 Å². The summed E-state index contributed by atoms with van der Waals surface area (Å²) in [7, 11) is 2.01. The molecule has 0 aromatic rings. The molecule has 0 aliphatic heterocycles. The lowest BCUT2D eigenvalue weighted by molar-refractivity contribution is 0.509. The van der Waals surface area contributed by atoms with Crippen molar-refractivity contribution in [1.82, 2.24) is 5.32 Å². The van der Waals surface area contributed by atoms with E-state index in [0.29, 0.717) is 0 Å². The molecular formula is C10H21N. The zero-order chi connectivity index (χ0) is 8.69. The second kappa shape index (κ2) is 6.41. The van der Waals surface area contributed by atoms with Gasteiger partial charge in [-0.1, -0.05) is 18.6 Å². The average molecular weight is 155 g/mol. The van der Waals surface area contributed by atoms with Crippen LogP contribution in [-0.4, -0.2) is 13.6 Å². The molecule has 1 N–H and O–H groups in total. The van der Waals surface area contributed by atoms with E-state index in [9.17, 15) is 0 Å². The first kappa shape index (κ1) is 10.7. The van der Waals surface area contributed by atoms with Crippen LogP contribution in [-0.2, 0) is 0 Å². The van der Waals surface area contributed by atoms with Gasteiger partial charge < -0.3 is 5.32 Å². The molecule has 1 atom stereocenters. The summed E-state index contributed by atoms with van der Waals surface area (Å²) in [4.78, 5) is 0. The summed E-state index contributed by atoms with van der Waals surface area (Å²) in [6, 6.07) is 0. The van der Waals surface area contributed by atoms with Gasteiger partial charge in [0.1, 0.15) is 0 Å². The minimum absolute atomic E-state index is 0.801. The van der Waals surface area contributed by atoms with Gasteiger partial charge in [0.25, 0.3) is 0 Å². The summed E-state index contributed by atoms with van der Waals surface area (Å²) >= 11 is 0. The van der Waals surface area contributed by atoms with Crippen LogP contribution in [0.1, 0.15) is 33.6 Å². The molecule has 0 heterocycles. The number of hydrogen-bond donors (Lipinski definition) is 1. The standard InChI is InChI=1S/C10H21N/c1-9(2)6-5-7-10(3)8-11-4/h6,10-11H,5,7-8H2,1-4H3. The summed E-state index contributed by atoms with van der Waals surface area (Å²) in [5, 5.41) is 3.18. The first-order valence-electron chi connectivity index (χ1n) is 4.44. The maximum absolute atomic E-state index is 3.18. The van der Waals surface area contributed by atoms with Crippen molar-refractivity contribution in [2.75, 3.05) is 13.6 Å². The fraction of sp³-hybridized carbons (Fsp3) is 0.800. The Kier molecular flexibility index (Phi) is 6.24. The van der Waals surface area contributed by atoms with Crippen LogP contribution in [0.2, 0.25) is 0 Å². The lowest BCUT2D eigenvalue weighted by Gasteiger charge is -2.07. The van der Waals surface area contributed by atoms with Crippen LogP contribution in [0.5, 0.6) is 0 Å². The van der Waals surface area contributed by atoms with Crippen LogP contribution in [0.15, 0.2) is 11.6 Å². The number of nitrogens with one attached hydrogen (secondary N) is 1. The summed E-state index contributed by atoms with van der Waals surface area (Å²) in [5.41, 5.74) is 1.43. The van der Waals surface area contributed by atoms with Crippen LogP contribution < -0.4 is 5.32 Å². The second-order valence-corrected chi connectivity index (χ2v) is 3.52. The zero-order valence-electron chi connectivity index (χ0n) is 8.28. The predicted molar refractivity (Wildman–Crippen MR) is 51.8 cm³/mol. The quantitative estimate of drug-likeness (QED) is 0.602. The maximum atomic E-state index is 3.18. The van der Waals surface area contributed by atoms with Crippen LogP contribution in [0.25, 0.3) is 0 Å². The van der Waals surface area contributed by atoms with Crippen molar-refractivity contribution in [2.45, 2.75) is 33.6 Å². The molecular weight excluding hydrogens is 134 g/mol. The van der Waals surface area contributed by atoms with Crippen molar-refractivity contribution in [3.8, 4) is 0 Å². The monoisotopic (exact) mass is 155 g/mol. The fourth-order valence-corrected chi connectivity index (χ4v) is 1.11. The highest BCUT2D eigenvalue weighted by atomic mass is 14.8. The third kappa shape index (κ3) is 7.60. The van der Waals surface area contributed by atoms with Crippen LogP contribution >= 0.6 is 0 Å². The second-order valence-electron chi connectivity index (χ2n) is 3.52. The summed E-state index contributed by atoms with van der Waals surface area (Å²) in [6.45, 7) is 7.73. The molecule has 0 fully saturated rings. The van der Waals surface area contributed by atoms with Crippen molar-refractivity contribution >= 4 is 0 Å². The van der Waals surface area contributed by atoms with Gasteiger partial charge in [-0.25, -0.2) is 0 Å². The van der Waals surface area contributed by atoms with Crippen molar-refractivity contribution in [2.24, 2.45) is 5.92 Å². The van der Waals surface area contributed by atoms with Gasteiger partial charge in [0.2, 0.25) is 0 Å². The SMILES string of the molecule is CNCC(C)CCC=C(C)C. The first-order valence-corrected chi connectivity index (χ1v) is 4.44. The van der Waals surface area contributed by atoms with Crippen molar-refractivity contribution in [1.29, 1.82) is 0 Å². The smallest absolute Gasteiger partial charge is 0.00260 e. The van der Waals surface area contributed by atoms with Gasteiger partial charge >= 0.3 is 0 Å².